The SMILES string of the molecule is COc1ccc(CNc2ccc(F)cc2Br)cc1OC. The number of hydrogen-bond acceptors (Lipinski definition) is 3. The molecule has 5 heteroatoms. The van der Waals surface area contributed by atoms with E-state index in [-0.39, 0.29) is 5.82 Å². The van der Waals surface area contributed by atoms with Crippen LogP contribution in [0.1, 0.15) is 5.56 Å². The molecule has 0 unspecified atom stereocenters. The second-order valence-corrected chi connectivity index (χ2v) is 5.02. The zero-order valence-electron chi connectivity index (χ0n) is 11.2. The van der Waals surface area contributed by atoms with E-state index in [0.717, 1.165) is 11.3 Å². The molecule has 0 aliphatic heterocycles. The highest BCUT2D eigenvalue weighted by Crippen LogP contribution is 2.28. The van der Waals surface area contributed by atoms with Crippen molar-refractivity contribution < 1.29 is 13.9 Å². The maximum atomic E-state index is 13.0. The van der Waals surface area contributed by atoms with E-state index in [9.17, 15) is 4.39 Å². The molecule has 0 radical (unpaired) electrons. The minimum Gasteiger partial charge on any atom is -0.493 e. The van der Waals surface area contributed by atoms with E-state index in [4.69, 9.17) is 9.47 Å². The lowest BCUT2D eigenvalue weighted by atomic mass is 10.2. The number of methoxy groups -OCH3 is 2. The van der Waals surface area contributed by atoms with Crippen molar-refractivity contribution in [1.82, 2.24) is 0 Å². The summed E-state index contributed by atoms with van der Waals surface area (Å²) >= 11 is 3.32. The van der Waals surface area contributed by atoms with E-state index in [1.807, 2.05) is 18.2 Å². The second kappa shape index (κ2) is 6.61. The number of halogens is 2. The molecule has 2 aromatic rings. The van der Waals surface area contributed by atoms with Gasteiger partial charge in [-0.3, -0.25) is 0 Å². The van der Waals surface area contributed by atoms with Crippen LogP contribution in [0.4, 0.5) is 10.1 Å². The summed E-state index contributed by atoms with van der Waals surface area (Å²) in [5, 5.41) is 3.24. The number of benzene rings is 2. The summed E-state index contributed by atoms with van der Waals surface area (Å²) in [5.74, 6) is 1.11. The largest absolute Gasteiger partial charge is 0.493 e. The highest BCUT2D eigenvalue weighted by atomic mass is 79.9. The highest BCUT2D eigenvalue weighted by molar-refractivity contribution is 9.10. The average molecular weight is 340 g/mol. The third-order valence-electron chi connectivity index (χ3n) is 2.86. The molecule has 0 aliphatic carbocycles. The van der Waals surface area contributed by atoms with Crippen LogP contribution in [0.15, 0.2) is 40.9 Å². The topological polar surface area (TPSA) is 30.5 Å². The van der Waals surface area contributed by atoms with Crippen LogP contribution >= 0.6 is 15.9 Å². The summed E-state index contributed by atoms with van der Waals surface area (Å²) < 4.78 is 24.1. The van der Waals surface area contributed by atoms with Gasteiger partial charge in [0.25, 0.3) is 0 Å². The summed E-state index contributed by atoms with van der Waals surface area (Å²) in [6.07, 6.45) is 0. The Hall–Kier alpha value is -1.75. The van der Waals surface area contributed by atoms with Gasteiger partial charge in [-0.25, -0.2) is 4.39 Å². The fourth-order valence-corrected chi connectivity index (χ4v) is 2.31. The van der Waals surface area contributed by atoms with Gasteiger partial charge in [0.2, 0.25) is 0 Å². The second-order valence-electron chi connectivity index (χ2n) is 4.17. The van der Waals surface area contributed by atoms with Crippen molar-refractivity contribution in [2.45, 2.75) is 6.54 Å². The number of anilines is 1. The minimum absolute atomic E-state index is 0.270. The fraction of sp³-hybridized carbons (Fsp3) is 0.200. The van der Waals surface area contributed by atoms with Gasteiger partial charge in [-0.15, -0.1) is 0 Å². The third-order valence-corrected chi connectivity index (χ3v) is 3.52. The molecule has 20 heavy (non-hydrogen) atoms. The molecular weight excluding hydrogens is 325 g/mol. The smallest absolute Gasteiger partial charge is 0.161 e. The van der Waals surface area contributed by atoms with Crippen molar-refractivity contribution in [2.24, 2.45) is 0 Å². The first kappa shape index (κ1) is 14.7. The third kappa shape index (κ3) is 3.42. The Bertz CT molecular complexity index is 604. The lowest BCUT2D eigenvalue weighted by Crippen LogP contribution is -2.01. The van der Waals surface area contributed by atoms with Crippen molar-refractivity contribution >= 4 is 21.6 Å². The van der Waals surface area contributed by atoms with E-state index in [0.29, 0.717) is 22.5 Å². The monoisotopic (exact) mass is 339 g/mol. The molecule has 0 fully saturated rings. The standard InChI is InChI=1S/C15H15BrFNO2/c1-19-14-6-3-10(7-15(14)20-2)9-18-13-5-4-11(17)8-12(13)16/h3-8,18H,9H2,1-2H3. The summed E-state index contributed by atoms with van der Waals surface area (Å²) in [6.45, 7) is 0.602. The zero-order chi connectivity index (χ0) is 14.5. The van der Waals surface area contributed by atoms with Crippen molar-refractivity contribution in [3.8, 4) is 11.5 Å². The van der Waals surface area contributed by atoms with Crippen LogP contribution in [0.3, 0.4) is 0 Å². The molecular formula is C15H15BrFNO2. The molecule has 0 heterocycles. The zero-order valence-corrected chi connectivity index (χ0v) is 12.8. The molecule has 0 aromatic heterocycles. The van der Waals surface area contributed by atoms with Crippen LogP contribution in [-0.4, -0.2) is 14.2 Å². The Balaban J connectivity index is 2.10. The molecule has 0 bridgehead atoms. The molecule has 3 nitrogen and oxygen atoms in total. The molecule has 0 saturated carbocycles. The number of ether oxygens (including phenoxy) is 2. The maximum Gasteiger partial charge on any atom is 0.161 e. The predicted molar refractivity (Wildman–Crippen MR) is 81.0 cm³/mol. The Morgan fingerprint density at radius 2 is 1.80 bits per heavy atom. The van der Waals surface area contributed by atoms with Crippen molar-refractivity contribution in [2.75, 3.05) is 19.5 Å². The predicted octanol–water partition coefficient (Wildman–Crippen LogP) is 4.22. The van der Waals surface area contributed by atoms with E-state index >= 15 is 0 Å². The van der Waals surface area contributed by atoms with E-state index < -0.39 is 0 Å². The summed E-state index contributed by atoms with van der Waals surface area (Å²) in [6, 6.07) is 10.3. The first-order valence-corrected chi connectivity index (χ1v) is 6.83. The summed E-state index contributed by atoms with van der Waals surface area (Å²) in [5.41, 5.74) is 1.88. The van der Waals surface area contributed by atoms with Gasteiger partial charge in [-0.1, -0.05) is 6.07 Å². The minimum atomic E-state index is -0.270. The Morgan fingerprint density at radius 3 is 2.45 bits per heavy atom. The van der Waals surface area contributed by atoms with Crippen LogP contribution in [0.5, 0.6) is 11.5 Å². The van der Waals surface area contributed by atoms with Gasteiger partial charge in [-0.05, 0) is 51.8 Å². The highest BCUT2D eigenvalue weighted by Gasteiger charge is 2.05. The molecule has 106 valence electrons. The Kier molecular flexibility index (Phi) is 4.84. The lowest BCUT2D eigenvalue weighted by Gasteiger charge is -2.12. The Labute approximate surface area is 125 Å². The van der Waals surface area contributed by atoms with Gasteiger partial charge in [0, 0.05) is 16.7 Å². The van der Waals surface area contributed by atoms with E-state index in [2.05, 4.69) is 21.2 Å². The van der Waals surface area contributed by atoms with Gasteiger partial charge < -0.3 is 14.8 Å². The van der Waals surface area contributed by atoms with Crippen molar-refractivity contribution in [1.29, 1.82) is 0 Å². The van der Waals surface area contributed by atoms with Gasteiger partial charge >= 0.3 is 0 Å². The fourth-order valence-electron chi connectivity index (χ4n) is 1.82. The number of rotatable bonds is 5. The summed E-state index contributed by atoms with van der Waals surface area (Å²) in [4.78, 5) is 0. The molecule has 2 rings (SSSR count). The molecule has 0 saturated heterocycles. The molecule has 1 N–H and O–H groups in total. The van der Waals surface area contributed by atoms with Crippen LogP contribution < -0.4 is 14.8 Å². The molecule has 2 aromatic carbocycles. The first-order valence-electron chi connectivity index (χ1n) is 6.04. The molecule has 0 atom stereocenters. The molecule has 0 aliphatic rings. The normalized spacial score (nSPS) is 10.2. The number of nitrogens with one attached hydrogen (secondary N) is 1. The number of hydrogen-bond donors (Lipinski definition) is 1. The van der Waals surface area contributed by atoms with Crippen molar-refractivity contribution in [3.05, 3.63) is 52.3 Å². The van der Waals surface area contributed by atoms with Crippen LogP contribution in [0, 0.1) is 5.82 Å². The molecule has 0 amide bonds. The summed E-state index contributed by atoms with van der Waals surface area (Å²) in [7, 11) is 3.21. The molecule has 0 spiro atoms. The van der Waals surface area contributed by atoms with E-state index in [1.165, 1.54) is 12.1 Å². The van der Waals surface area contributed by atoms with Gasteiger partial charge in [-0.2, -0.15) is 0 Å². The van der Waals surface area contributed by atoms with Gasteiger partial charge in [0.15, 0.2) is 11.5 Å². The van der Waals surface area contributed by atoms with E-state index in [1.54, 1.807) is 20.3 Å². The van der Waals surface area contributed by atoms with Crippen LogP contribution in [0.25, 0.3) is 0 Å². The first-order chi connectivity index (χ1) is 9.63. The van der Waals surface area contributed by atoms with Gasteiger partial charge in [0.05, 0.1) is 14.2 Å². The van der Waals surface area contributed by atoms with Crippen molar-refractivity contribution in [3.63, 3.8) is 0 Å². The average Bonchev–Trinajstić information content (AvgIpc) is 2.46. The van der Waals surface area contributed by atoms with Crippen LogP contribution in [0.2, 0.25) is 0 Å². The van der Waals surface area contributed by atoms with Gasteiger partial charge in [0.1, 0.15) is 5.82 Å². The maximum absolute atomic E-state index is 13.0. The van der Waals surface area contributed by atoms with Crippen LogP contribution in [-0.2, 0) is 6.54 Å². The quantitative estimate of drug-likeness (QED) is 0.884. The Morgan fingerprint density at radius 1 is 1.05 bits per heavy atom. The lowest BCUT2D eigenvalue weighted by molar-refractivity contribution is 0.354.